The van der Waals surface area contributed by atoms with Crippen LogP contribution < -0.4 is 5.32 Å². The van der Waals surface area contributed by atoms with Crippen molar-refractivity contribution in [2.24, 2.45) is 0 Å². The maximum atomic E-state index is 11.3. The predicted molar refractivity (Wildman–Crippen MR) is 76.3 cm³/mol. The summed E-state index contributed by atoms with van der Waals surface area (Å²) in [6.45, 7) is 0.402. The second-order valence-electron chi connectivity index (χ2n) is 3.63. The number of aliphatic carboxylic acids is 1. The minimum absolute atomic E-state index is 0.402. The first kappa shape index (κ1) is 13.5. The van der Waals surface area contributed by atoms with E-state index in [4.69, 9.17) is 5.11 Å². The van der Waals surface area contributed by atoms with E-state index in [-0.39, 0.29) is 0 Å². The van der Waals surface area contributed by atoms with Crippen molar-refractivity contribution in [2.75, 3.05) is 0 Å². The first-order chi connectivity index (χ1) is 9.15. The summed E-state index contributed by atoms with van der Waals surface area (Å²) in [7, 11) is 0. The Morgan fingerprint density at radius 2 is 2.05 bits per heavy atom. The Bertz CT molecular complexity index is 599. The van der Waals surface area contributed by atoms with Crippen molar-refractivity contribution in [3.63, 3.8) is 0 Å². The monoisotopic (exact) mass is 293 g/mol. The Hall–Kier alpha value is -1.92. The van der Waals surface area contributed by atoms with Gasteiger partial charge < -0.3 is 10.4 Å². The number of thiophene rings is 2. The SMILES string of the molecule is O=C(O)C=CC(=O)NCc1ccc(-c2cccs2)s1. The molecule has 2 rings (SSSR count). The fraction of sp³-hybridized carbons (Fsp3) is 0.0769. The van der Waals surface area contributed by atoms with Crippen molar-refractivity contribution in [3.8, 4) is 9.75 Å². The van der Waals surface area contributed by atoms with Crippen molar-refractivity contribution in [1.29, 1.82) is 0 Å². The first-order valence-corrected chi connectivity index (χ1v) is 7.16. The van der Waals surface area contributed by atoms with E-state index in [1.54, 1.807) is 22.7 Å². The zero-order valence-corrected chi connectivity index (χ0v) is 11.5. The summed E-state index contributed by atoms with van der Waals surface area (Å²) >= 11 is 3.28. The summed E-state index contributed by atoms with van der Waals surface area (Å²) < 4.78 is 0. The summed E-state index contributed by atoms with van der Waals surface area (Å²) in [5.74, 6) is -1.54. The molecule has 0 aromatic carbocycles. The van der Waals surface area contributed by atoms with Gasteiger partial charge in [-0.2, -0.15) is 0 Å². The Balaban J connectivity index is 1.91. The maximum Gasteiger partial charge on any atom is 0.328 e. The number of nitrogens with one attached hydrogen (secondary N) is 1. The van der Waals surface area contributed by atoms with Crippen LogP contribution in [-0.4, -0.2) is 17.0 Å². The van der Waals surface area contributed by atoms with E-state index in [2.05, 4.69) is 11.4 Å². The van der Waals surface area contributed by atoms with Gasteiger partial charge in [-0.1, -0.05) is 6.07 Å². The summed E-state index contributed by atoms with van der Waals surface area (Å²) in [5, 5.41) is 13.1. The third-order valence-corrected chi connectivity index (χ3v) is 4.39. The molecule has 4 nitrogen and oxygen atoms in total. The van der Waals surface area contributed by atoms with Gasteiger partial charge in [0.1, 0.15) is 0 Å². The van der Waals surface area contributed by atoms with Crippen molar-refractivity contribution >= 4 is 34.6 Å². The molecule has 0 aliphatic carbocycles. The molecule has 0 aliphatic heterocycles. The molecule has 98 valence electrons. The van der Waals surface area contributed by atoms with Gasteiger partial charge in [0, 0.05) is 26.8 Å². The highest BCUT2D eigenvalue weighted by Gasteiger charge is 2.04. The molecule has 2 aromatic rings. The van der Waals surface area contributed by atoms with Crippen LogP contribution in [0.3, 0.4) is 0 Å². The van der Waals surface area contributed by atoms with Gasteiger partial charge in [0.15, 0.2) is 0 Å². The van der Waals surface area contributed by atoms with E-state index in [9.17, 15) is 9.59 Å². The molecule has 1 amide bonds. The second kappa shape index (κ2) is 6.31. The largest absolute Gasteiger partial charge is 0.478 e. The third-order valence-electron chi connectivity index (χ3n) is 2.24. The van der Waals surface area contributed by atoms with Crippen LogP contribution in [0, 0.1) is 0 Å². The summed E-state index contributed by atoms with van der Waals surface area (Å²) in [4.78, 5) is 24.9. The van der Waals surface area contributed by atoms with E-state index in [1.807, 2.05) is 23.6 Å². The van der Waals surface area contributed by atoms with Crippen LogP contribution in [0.1, 0.15) is 4.88 Å². The van der Waals surface area contributed by atoms with Gasteiger partial charge in [0.2, 0.25) is 5.91 Å². The molecule has 2 aromatic heterocycles. The molecular weight excluding hydrogens is 282 g/mol. The van der Waals surface area contributed by atoms with Gasteiger partial charge in [-0.25, -0.2) is 4.79 Å². The number of carbonyl (C=O) groups excluding carboxylic acids is 1. The van der Waals surface area contributed by atoms with Crippen LogP contribution in [0.15, 0.2) is 41.8 Å². The van der Waals surface area contributed by atoms with E-state index in [0.717, 1.165) is 17.0 Å². The molecule has 6 heteroatoms. The summed E-state index contributed by atoms with van der Waals surface area (Å²) in [6.07, 6.45) is 1.83. The van der Waals surface area contributed by atoms with Gasteiger partial charge in [0.05, 0.1) is 6.54 Å². The van der Waals surface area contributed by atoms with Gasteiger partial charge in [0.25, 0.3) is 0 Å². The number of rotatable bonds is 5. The average Bonchev–Trinajstić information content (AvgIpc) is 3.03. The molecular formula is C13H11NO3S2. The average molecular weight is 293 g/mol. The number of amides is 1. The Kier molecular flexibility index (Phi) is 4.48. The zero-order valence-electron chi connectivity index (χ0n) is 9.83. The van der Waals surface area contributed by atoms with Crippen LogP contribution >= 0.6 is 22.7 Å². The minimum atomic E-state index is -1.13. The predicted octanol–water partition coefficient (Wildman–Crippen LogP) is 2.73. The smallest absolute Gasteiger partial charge is 0.328 e. The molecule has 0 saturated carbocycles. The maximum absolute atomic E-state index is 11.3. The highest BCUT2D eigenvalue weighted by molar-refractivity contribution is 7.21. The minimum Gasteiger partial charge on any atom is -0.478 e. The summed E-state index contributed by atoms with van der Waals surface area (Å²) in [6, 6.07) is 8.03. The van der Waals surface area contributed by atoms with Gasteiger partial charge in [-0.3, -0.25) is 4.79 Å². The molecule has 0 fully saturated rings. The number of hydrogen-bond acceptors (Lipinski definition) is 4. The van der Waals surface area contributed by atoms with E-state index >= 15 is 0 Å². The summed E-state index contributed by atoms with van der Waals surface area (Å²) in [5.41, 5.74) is 0. The lowest BCUT2D eigenvalue weighted by Gasteiger charge is -1.98. The molecule has 0 spiro atoms. The van der Waals surface area contributed by atoms with E-state index < -0.39 is 11.9 Å². The second-order valence-corrected chi connectivity index (χ2v) is 5.75. The van der Waals surface area contributed by atoms with E-state index in [1.165, 1.54) is 9.75 Å². The van der Waals surface area contributed by atoms with Crippen LogP contribution in [0.25, 0.3) is 9.75 Å². The lowest BCUT2D eigenvalue weighted by molar-refractivity contribution is -0.131. The van der Waals surface area contributed by atoms with E-state index in [0.29, 0.717) is 6.54 Å². The van der Waals surface area contributed by atoms with Crippen molar-refractivity contribution < 1.29 is 14.7 Å². The van der Waals surface area contributed by atoms with Crippen LogP contribution in [-0.2, 0) is 16.1 Å². The number of hydrogen-bond donors (Lipinski definition) is 2. The molecule has 0 unspecified atom stereocenters. The fourth-order valence-corrected chi connectivity index (χ4v) is 3.19. The molecule has 2 N–H and O–H groups in total. The third kappa shape index (κ3) is 4.04. The van der Waals surface area contributed by atoms with Crippen molar-refractivity contribution in [1.82, 2.24) is 5.32 Å². The molecule has 2 heterocycles. The molecule has 0 atom stereocenters. The van der Waals surface area contributed by atoms with Gasteiger partial charge in [-0.05, 0) is 23.6 Å². The standard InChI is InChI=1S/C13H11NO3S2/c15-12(5-6-13(16)17)14-8-9-3-4-11(19-9)10-2-1-7-18-10/h1-7H,8H2,(H,14,15)(H,16,17). The normalized spacial score (nSPS) is 10.7. The van der Waals surface area contributed by atoms with Crippen molar-refractivity contribution in [2.45, 2.75) is 6.54 Å². The lowest BCUT2D eigenvalue weighted by Crippen LogP contribution is -2.19. The zero-order chi connectivity index (χ0) is 13.7. The number of carboxylic acids is 1. The number of carbonyl (C=O) groups is 2. The quantitative estimate of drug-likeness (QED) is 0.833. The molecule has 19 heavy (non-hydrogen) atoms. The fourth-order valence-electron chi connectivity index (χ4n) is 1.40. The molecule has 0 aliphatic rings. The molecule has 0 radical (unpaired) electrons. The lowest BCUT2D eigenvalue weighted by atomic mass is 10.3. The van der Waals surface area contributed by atoms with Gasteiger partial charge >= 0.3 is 5.97 Å². The molecule has 0 bridgehead atoms. The Morgan fingerprint density at radius 1 is 1.21 bits per heavy atom. The van der Waals surface area contributed by atoms with Crippen LogP contribution in [0.4, 0.5) is 0 Å². The van der Waals surface area contributed by atoms with Crippen molar-refractivity contribution in [3.05, 3.63) is 46.7 Å². The first-order valence-electron chi connectivity index (χ1n) is 5.46. The Labute approximate surface area is 118 Å². The van der Waals surface area contributed by atoms with Gasteiger partial charge in [-0.15, -0.1) is 22.7 Å². The highest BCUT2D eigenvalue weighted by Crippen LogP contribution is 2.31. The van der Waals surface area contributed by atoms with Crippen LogP contribution in [0.2, 0.25) is 0 Å². The highest BCUT2D eigenvalue weighted by atomic mass is 32.1. The Morgan fingerprint density at radius 3 is 2.74 bits per heavy atom. The number of carboxylic acid groups (broad SMARTS) is 1. The topological polar surface area (TPSA) is 66.4 Å². The molecule has 0 saturated heterocycles. The van der Waals surface area contributed by atoms with Crippen LogP contribution in [0.5, 0.6) is 0 Å².